The summed E-state index contributed by atoms with van der Waals surface area (Å²) in [6, 6.07) is 0. The minimum atomic E-state index is -4.95. The van der Waals surface area contributed by atoms with Crippen LogP contribution in [0.2, 0.25) is 0 Å². The molecule has 0 saturated heterocycles. The zero-order valence-corrected chi connectivity index (χ0v) is 10.5. The fourth-order valence-electron chi connectivity index (χ4n) is 1.64. The summed E-state index contributed by atoms with van der Waals surface area (Å²) in [5.74, 6) is -2.01. The van der Waals surface area contributed by atoms with Gasteiger partial charge in [-0.3, -0.25) is 9.20 Å². The summed E-state index contributed by atoms with van der Waals surface area (Å²) < 4.78 is 39.6. The lowest BCUT2D eigenvalue weighted by Crippen LogP contribution is -2.23. The molecular weight excluding hydrogens is 295 g/mol. The van der Waals surface area contributed by atoms with Gasteiger partial charge in [0.15, 0.2) is 10.7 Å². The van der Waals surface area contributed by atoms with Crippen molar-refractivity contribution >= 4 is 22.1 Å². The normalized spacial score (nSPS) is 12.2. The van der Waals surface area contributed by atoms with E-state index in [-0.39, 0.29) is 6.54 Å². The van der Waals surface area contributed by atoms with Gasteiger partial charge in [-0.1, -0.05) is 5.21 Å². The molecule has 0 saturated carbocycles. The molecule has 0 amide bonds. The van der Waals surface area contributed by atoms with E-state index >= 15 is 0 Å². The molecule has 3 rings (SSSR count). The first-order valence-corrected chi connectivity index (χ1v) is 6.24. The first-order chi connectivity index (χ1) is 9.43. The number of fused-ring (bicyclic) bond motifs is 1. The molecule has 10 heteroatoms. The predicted molar refractivity (Wildman–Crippen MR) is 62.6 cm³/mol. The summed E-state index contributed by atoms with van der Waals surface area (Å²) in [5.41, 5.74) is -0.105. The van der Waals surface area contributed by atoms with Crippen LogP contribution in [0.15, 0.2) is 24.0 Å². The number of nitrogens with zero attached hydrogens (tertiary/aromatic N) is 5. The van der Waals surface area contributed by atoms with Crippen molar-refractivity contribution in [1.82, 2.24) is 24.4 Å². The maximum atomic E-state index is 12.2. The fourth-order valence-corrected chi connectivity index (χ4v) is 2.36. The molecule has 0 fully saturated rings. The molecule has 0 atom stereocenters. The highest BCUT2D eigenvalue weighted by Gasteiger charge is 2.41. The standard InChI is InChI=1S/C10H6F3N5OS/c11-10(12,13)8(19)7-5-18(16-15-7)4-6-3-17-1-2-20-9(17)14-6/h1-3,5H,4H2. The highest BCUT2D eigenvalue weighted by molar-refractivity contribution is 7.15. The van der Waals surface area contributed by atoms with E-state index in [1.54, 1.807) is 10.6 Å². The molecule has 0 unspecified atom stereocenters. The minimum absolute atomic E-state index is 0.145. The molecule has 0 N–H and O–H groups in total. The van der Waals surface area contributed by atoms with Gasteiger partial charge in [-0.25, -0.2) is 9.67 Å². The van der Waals surface area contributed by atoms with Crippen LogP contribution in [0, 0.1) is 0 Å². The number of hydrogen-bond donors (Lipinski definition) is 0. The summed E-state index contributed by atoms with van der Waals surface area (Å²) >= 11 is 1.44. The van der Waals surface area contributed by atoms with Gasteiger partial charge in [-0.2, -0.15) is 13.2 Å². The third kappa shape index (κ3) is 2.29. The van der Waals surface area contributed by atoms with Crippen molar-refractivity contribution in [2.45, 2.75) is 12.7 Å². The second-order valence-electron chi connectivity index (χ2n) is 3.95. The van der Waals surface area contributed by atoms with E-state index in [0.717, 1.165) is 15.8 Å². The number of Topliss-reactive ketones (excluding diaryl/α,β-unsaturated/α-hetero) is 1. The van der Waals surface area contributed by atoms with Gasteiger partial charge >= 0.3 is 6.18 Å². The topological polar surface area (TPSA) is 65.1 Å². The monoisotopic (exact) mass is 301 g/mol. The van der Waals surface area contributed by atoms with Crippen molar-refractivity contribution in [1.29, 1.82) is 0 Å². The molecule has 0 aromatic carbocycles. The van der Waals surface area contributed by atoms with Crippen LogP contribution in [0.3, 0.4) is 0 Å². The van der Waals surface area contributed by atoms with Crippen LogP contribution in [-0.4, -0.2) is 36.3 Å². The minimum Gasteiger partial charge on any atom is -0.297 e. The van der Waals surface area contributed by atoms with Crippen molar-refractivity contribution < 1.29 is 18.0 Å². The maximum absolute atomic E-state index is 12.2. The molecule has 6 nitrogen and oxygen atoms in total. The molecule has 104 valence electrons. The number of ketones is 1. The van der Waals surface area contributed by atoms with Crippen LogP contribution >= 0.6 is 11.3 Å². The van der Waals surface area contributed by atoms with Gasteiger partial charge in [-0.05, 0) is 0 Å². The second-order valence-corrected chi connectivity index (χ2v) is 4.83. The third-order valence-electron chi connectivity index (χ3n) is 2.50. The Balaban J connectivity index is 1.80. The van der Waals surface area contributed by atoms with E-state index < -0.39 is 17.7 Å². The summed E-state index contributed by atoms with van der Waals surface area (Å²) in [6.07, 6.45) is -0.434. The number of aromatic nitrogens is 5. The van der Waals surface area contributed by atoms with E-state index in [4.69, 9.17) is 0 Å². The Morgan fingerprint density at radius 1 is 1.35 bits per heavy atom. The van der Waals surface area contributed by atoms with Crippen molar-refractivity contribution in [3.05, 3.63) is 35.4 Å². The molecule has 0 radical (unpaired) electrons. The lowest BCUT2D eigenvalue weighted by Gasteiger charge is -1.99. The molecule has 0 aliphatic carbocycles. The van der Waals surface area contributed by atoms with Gasteiger partial charge in [-0.15, -0.1) is 16.4 Å². The van der Waals surface area contributed by atoms with Gasteiger partial charge in [0.1, 0.15) is 0 Å². The Morgan fingerprint density at radius 3 is 2.85 bits per heavy atom. The van der Waals surface area contributed by atoms with Crippen LogP contribution < -0.4 is 0 Å². The van der Waals surface area contributed by atoms with E-state index in [9.17, 15) is 18.0 Å². The predicted octanol–water partition coefficient (Wildman–Crippen LogP) is 1.78. The summed E-state index contributed by atoms with van der Waals surface area (Å²) in [4.78, 5) is 16.0. The molecule has 0 aliphatic heterocycles. The highest BCUT2D eigenvalue weighted by Crippen LogP contribution is 2.20. The first kappa shape index (κ1) is 12.8. The van der Waals surface area contributed by atoms with Crippen LogP contribution in [-0.2, 0) is 6.54 Å². The van der Waals surface area contributed by atoms with E-state index in [0.29, 0.717) is 5.69 Å². The Bertz CT molecular complexity index is 743. The number of hydrogen-bond acceptors (Lipinski definition) is 5. The Hall–Kier alpha value is -2.23. The Kier molecular flexibility index (Phi) is 2.82. The summed E-state index contributed by atoms with van der Waals surface area (Å²) in [6.45, 7) is 0.145. The maximum Gasteiger partial charge on any atom is 0.456 e. The van der Waals surface area contributed by atoms with Gasteiger partial charge in [0, 0.05) is 17.8 Å². The Labute approximate surface area is 113 Å². The average molecular weight is 301 g/mol. The Morgan fingerprint density at radius 2 is 2.15 bits per heavy atom. The number of halogens is 3. The van der Waals surface area contributed by atoms with Crippen LogP contribution in [0.1, 0.15) is 16.2 Å². The number of carbonyl (C=O) groups is 1. The molecule has 0 aliphatic rings. The lowest BCUT2D eigenvalue weighted by molar-refractivity contribution is -0.0888. The lowest BCUT2D eigenvalue weighted by atomic mass is 10.3. The van der Waals surface area contributed by atoms with Gasteiger partial charge in [0.05, 0.1) is 18.4 Å². The third-order valence-corrected chi connectivity index (χ3v) is 3.27. The van der Waals surface area contributed by atoms with Crippen LogP contribution in [0.5, 0.6) is 0 Å². The molecule has 0 bridgehead atoms. The van der Waals surface area contributed by atoms with Crippen molar-refractivity contribution in [3.8, 4) is 0 Å². The van der Waals surface area contributed by atoms with Gasteiger partial charge < -0.3 is 0 Å². The number of alkyl halides is 3. The fraction of sp³-hybridized carbons (Fsp3) is 0.200. The van der Waals surface area contributed by atoms with E-state index in [1.807, 2.05) is 11.6 Å². The SMILES string of the molecule is O=C(c1cn(Cc2cn3ccsc3n2)nn1)C(F)(F)F. The average Bonchev–Trinajstić information content (AvgIpc) is 3.02. The van der Waals surface area contributed by atoms with Gasteiger partial charge in [0.25, 0.3) is 5.78 Å². The van der Waals surface area contributed by atoms with Crippen molar-refractivity contribution in [2.24, 2.45) is 0 Å². The zero-order valence-electron chi connectivity index (χ0n) is 9.70. The molecule has 0 spiro atoms. The molecule has 3 heterocycles. The zero-order chi connectivity index (χ0) is 14.3. The number of imidazole rings is 1. The number of thiazole rings is 1. The molecule has 20 heavy (non-hydrogen) atoms. The van der Waals surface area contributed by atoms with Crippen LogP contribution in [0.4, 0.5) is 13.2 Å². The smallest absolute Gasteiger partial charge is 0.297 e. The second kappa shape index (κ2) is 4.40. The van der Waals surface area contributed by atoms with E-state index in [2.05, 4.69) is 15.3 Å². The first-order valence-electron chi connectivity index (χ1n) is 5.36. The molecule has 3 aromatic heterocycles. The molecule has 3 aromatic rings. The van der Waals surface area contributed by atoms with E-state index in [1.165, 1.54) is 11.3 Å². The number of carbonyl (C=O) groups excluding carboxylic acids is 1. The van der Waals surface area contributed by atoms with Crippen LogP contribution in [0.25, 0.3) is 4.96 Å². The number of rotatable bonds is 3. The highest BCUT2D eigenvalue weighted by atomic mass is 32.1. The van der Waals surface area contributed by atoms with Gasteiger partial charge in [0.2, 0.25) is 0 Å². The molecular formula is C10H6F3N5OS. The largest absolute Gasteiger partial charge is 0.456 e. The summed E-state index contributed by atoms with van der Waals surface area (Å²) in [7, 11) is 0. The van der Waals surface area contributed by atoms with Crippen molar-refractivity contribution in [3.63, 3.8) is 0 Å². The van der Waals surface area contributed by atoms with Crippen molar-refractivity contribution in [2.75, 3.05) is 0 Å². The summed E-state index contributed by atoms with van der Waals surface area (Å²) in [5, 5.41) is 8.60. The quantitative estimate of drug-likeness (QED) is 0.692.